The number of pyridine rings is 1. The molecule has 2 aromatic heterocycles. The summed E-state index contributed by atoms with van der Waals surface area (Å²) in [7, 11) is 0. The first-order valence-electron chi connectivity index (χ1n) is 12.0. The fraction of sp³-hybridized carbons (Fsp3) is 0.214. The first-order valence-corrected chi connectivity index (χ1v) is 12.8. The minimum atomic E-state index is -0.885. The fourth-order valence-corrected chi connectivity index (χ4v) is 5.88. The number of aliphatic hydroxyl groups excluding tert-OH is 1. The van der Waals surface area contributed by atoms with E-state index < -0.39 is 17.7 Å². The number of hydrogen-bond acceptors (Lipinski definition) is 8. The van der Waals surface area contributed by atoms with Gasteiger partial charge in [0.15, 0.2) is 5.13 Å². The van der Waals surface area contributed by atoms with Crippen molar-refractivity contribution in [1.82, 2.24) is 9.97 Å². The second kappa shape index (κ2) is 9.01. The minimum absolute atomic E-state index is 0.000764. The quantitative estimate of drug-likeness (QED) is 0.227. The molecular weight excluding hydrogens is 490 g/mol. The summed E-state index contributed by atoms with van der Waals surface area (Å²) in [5.74, 6) is -0.305. The Balaban J connectivity index is 1.50. The van der Waals surface area contributed by atoms with Crippen LogP contribution in [0.25, 0.3) is 16.0 Å². The molecule has 2 aromatic carbocycles. The van der Waals surface area contributed by atoms with Crippen molar-refractivity contribution >= 4 is 44.1 Å². The number of amides is 1. The molecule has 2 aliphatic heterocycles. The summed E-state index contributed by atoms with van der Waals surface area (Å²) in [4.78, 5) is 37.1. The average molecular weight is 514 g/mol. The zero-order valence-electron chi connectivity index (χ0n) is 20.2. The maximum absolute atomic E-state index is 13.4. The number of anilines is 1. The van der Waals surface area contributed by atoms with Crippen LogP contribution in [0, 0.1) is 0 Å². The maximum Gasteiger partial charge on any atom is 0.301 e. The number of carbonyl (C=O) groups is 2. The van der Waals surface area contributed by atoms with Gasteiger partial charge < -0.3 is 14.6 Å². The van der Waals surface area contributed by atoms with Crippen molar-refractivity contribution in [2.45, 2.75) is 32.4 Å². The monoisotopic (exact) mass is 513 g/mol. The number of benzene rings is 2. The molecule has 2 atom stereocenters. The highest BCUT2D eigenvalue weighted by Gasteiger charge is 2.48. The smallest absolute Gasteiger partial charge is 0.301 e. The lowest BCUT2D eigenvalue weighted by atomic mass is 9.95. The minimum Gasteiger partial charge on any atom is -0.507 e. The third-order valence-corrected chi connectivity index (χ3v) is 7.50. The van der Waals surface area contributed by atoms with Crippen LogP contribution in [0.15, 0.2) is 66.5 Å². The van der Waals surface area contributed by atoms with Gasteiger partial charge in [0.1, 0.15) is 23.4 Å². The van der Waals surface area contributed by atoms with Gasteiger partial charge in [-0.3, -0.25) is 19.5 Å². The number of hydrogen-bond donors (Lipinski definition) is 1. The van der Waals surface area contributed by atoms with E-state index in [0.717, 1.165) is 16.0 Å². The van der Waals surface area contributed by atoms with E-state index in [4.69, 9.17) is 9.47 Å². The Kier molecular flexibility index (Phi) is 5.64. The molecular formula is C28H23N3O5S. The van der Waals surface area contributed by atoms with Crippen LogP contribution >= 0.6 is 11.3 Å². The molecule has 1 N–H and O–H groups in total. The highest BCUT2D eigenvalue weighted by atomic mass is 32.1. The van der Waals surface area contributed by atoms with Gasteiger partial charge in [0.05, 0.1) is 28.4 Å². The van der Waals surface area contributed by atoms with E-state index in [2.05, 4.69) is 9.97 Å². The molecule has 4 aromatic rings. The number of rotatable bonds is 5. The van der Waals surface area contributed by atoms with Crippen LogP contribution in [0.5, 0.6) is 11.5 Å². The summed E-state index contributed by atoms with van der Waals surface area (Å²) in [5.41, 5.74) is 2.67. The SMILES string of the molecule is CCOc1ccc2nc(N3C(=O)C(=O)/C(=C(/O)c4ccc5c(c4)C[C@H](C)O5)[C@@H]3c3cccnc3)sc2c1. The number of thiazole rings is 1. The molecule has 6 rings (SSSR count). The van der Waals surface area contributed by atoms with Crippen molar-refractivity contribution in [2.24, 2.45) is 0 Å². The van der Waals surface area contributed by atoms with Gasteiger partial charge >= 0.3 is 5.91 Å². The number of nitrogens with zero attached hydrogens (tertiary/aromatic N) is 3. The first kappa shape index (κ1) is 23.2. The largest absolute Gasteiger partial charge is 0.507 e. The maximum atomic E-state index is 13.4. The summed E-state index contributed by atoms with van der Waals surface area (Å²) in [6, 6.07) is 13.4. The van der Waals surface area contributed by atoms with Crippen LogP contribution in [0.1, 0.15) is 36.6 Å². The van der Waals surface area contributed by atoms with Crippen molar-refractivity contribution in [3.8, 4) is 11.5 Å². The van der Waals surface area contributed by atoms with Crippen molar-refractivity contribution in [3.63, 3.8) is 0 Å². The number of carbonyl (C=O) groups excluding carboxylic acids is 2. The summed E-state index contributed by atoms with van der Waals surface area (Å²) < 4.78 is 12.2. The van der Waals surface area contributed by atoms with Crippen molar-refractivity contribution in [3.05, 3.63) is 83.2 Å². The second-order valence-corrected chi connectivity index (χ2v) is 9.98. The lowest BCUT2D eigenvalue weighted by Gasteiger charge is -2.22. The number of fused-ring (bicyclic) bond motifs is 2. The molecule has 0 bridgehead atoms. The number of ether oxygens (including phenoxy) is 2. The van der Waals surface area contributed by atoms with Gasteiger partial charge in [-0.1, -0.05) is 17.4 Å². The Labute approximate surface area is 216 Å². The molecule has 8 nitrogen and oxygen atoms in total. The van der Waals surface area contributed by atoms with E-state index in [9.17, 15) is 14.7 Å². The molecule has 186 valence electrons. The zero-order valence-corrected chi connectivity index (χ0v) is 21.0. The molecule has 0 aliphatic carbocycles. The fourth-order valence-electron chi connectivity index (χ4n) is 4.86. The molecule has 37 heavy (non-hydrogen) atoms. The molecule has 1 fully saturated rings. The van der Waals surface area contributed by atoms with E-state index in [1.54, 1.807) is 36.7 Å². The molecule has 1 saturated heterocycles. The topological polar surface area (TPSA) is 102 Å². The van der Waals surface area contributed by atoms with Gasteiger partial charge in [-0.05, 0) is 67.4 Å². The molecule has 2 aliphatic rings. The lowest BCUT2D eigenvalue weighted by molar-refractivity contribution is -0.132. The van der Waals surface area contributed by atoms with Crippen molar-refractivity contribution in [2.75, 3.05) is 11.5 Å². The van der Waals surface area contributed by atoms with Gasteiger partial charge in [-0.2, -0.15) is 0 Å². The van der Waals surface area contributed by atoms with E-state index in [0.29, 0.717) is 40.6 Å². The molecule has 0 unspecified atom stereocenters. The normalized spacial score (nSPS) is 20.3. The standard InChI is InChI=1S/C28H23N3O5S/c1-3-35-19-7-8-20-22(13-19)37-28(30-20)31-24(17-5-4-10-29-14-17)23(26(33)27(31)34)25(32)16-6-9-21-18(12-16)11-15(2)36-21/h4-10,12-15,24,32H,3,11H2,1-2H3/b25-23+/t15-,24-/m0/s1. The summed E-state index contributed by atoms with van der Waals surface area (Å²) in [5, 5.41) is 11.8. The molecule has 1 amide bonds. The first-order chi connectivity index (χ1) is 17.9. The Hall–Kier alpha value is -4.24. The third-order valence-electron chi connectivity index (χ3n) is 6.48. The van der Waals surface area contributed by atoms with Gasteiger partial charge in [-0.15, -0.1) is 0 Å². The molecule has 4 heterocycles. The van der Waals surface area contributed by atoms with Crippen LogP contribution < -0.4 is 14.4 Å². The van der Waals surface area contributed by atoms with Crippen molar-refractivity contribution < 1.29 is 24.2 Å². The highest BCUT2D eigenvalue weighted by Crippen LogP contribution is 2.45. The number of Topliss-reactive ketones (excluding diaryl/α,β-unsaturated/α-hetero) is 1. The van der Waals surface area contributed by atoms with E-state index in [-0.39, 0.29) is 17.4 Å². The molecule has 0 radical (unpaired) electrons. The third kappa shape index (κ3) is 3.92. The summed E-state index contributed by atoms with van der Waals surface area (Å²) in [6.45, 7) is 4.41. The van der Waals surface area contributed by atoms with E-state index in [1.165, 1.54) is 16.2 Å². The Morgan fingerprint density at radius 1 is 1.22 bits per heavy atom. The van der Waals surface area contributed by atoms with Crippen LogP contribution in [0.3, 0.4) is 0 Å². The van der Waals surface area contributed by atoms with Gasteiger partial charge in [0, 0.05) is 24.4 Å². The van der Waals surface area contributed by atoms with Gasteiger partial charge in [0.2, 0.25) is 0 Å². The van der Waals surface area contributed by atoms with E-state index >= 15 is 0 Å². The Morgan fingerprint density at radius 3 is 2.86 bits per heavy atom. The van der Waals surface area contributed by atoms with Crippen LogP contribution in [-0.2, 0) is 16.0 Å². The number of ketones is 1. The lowest BCUT2D eigenvalue weighted by Crippen LogP contribution is -2.29. The molecule has 0 spiro atoms. The van der Waals surface area contributed by atoms with Crippen LogP contribution in [-0.4, -0.2) is 39.5 Å². The average Bonchev–Trinajstić information content (AvgIpc) is 3.56. The molecule has 9 heteroatoms. The summed E-state index contributed by atoms with van der Waals surface area (Å²) in [6.07, 6.45) is 3.95. The predicted octanol–water partition coefficient (Wildman–Crippen LogP) is 5.04. The highest BCUT2D eigenvalue weighted by molar-refractivity contribution is 7.22. The van der Waals surface area contributed by atoms with Gasteiger partial charge in [0.25, 0.3) is 5.78 Å². The summed E-state index contributed by atoms with van der Waals surface area (Å²) >= 11 is 1.29. The van der Waals surface area contributed by atoms with Gasteiger partial charge in [-0.25, -0.2) is 4.98 Å². The molecule has 0 saturated carbocycles. The Bertz CT molecular complexity index is 1580. The van der Waals surface area contributed by atoms with Crippen LogP contribution in [0.4, 0.5) is 5.13 Å². The number of aliphatic hydroxyl groups is 1. The van der Waals surface area contributed by atoms with E-state index in [1.807, 2.05) is 38.1 Å². The van der Waals surface area contributed by atoms with Crippen LogP contribution in [0.2, 0.25) is 0 Å². The predicted molar refractivity (Wildman–Crippen MR) is 140 cm³/mol. The van der Waals surface area contributed by atoms with Crippen molar-refractivity contribution in [1.29, 1.82) is 0 Å². The Morgan fingerprint density at radius 2 is 2.08 bits per heavy atom. The zero-order chi connectivity index (χ0) is 25.7. The number of aromatic nitrogens is 2. The second-order valence-electron chi connectivity index (χ2n) is 8.97.